The number of para-hydroxylation sites is 2. The predicted molar refractivity (Wildman–Crippen MR) is 118 cm³/mol. The second kappa shape index (κ2) is 8.81. The van der Waals surface area contributed by atoms with Crippen molar-refractivity contribution < 1.29 is 13.9 Å². The predicted octanol–water partition coefficient (Wildman–Crippen LogP) is 4.36. The summed E-state index contributed by atoms with van der Waals surface area (Å²) in [6.07, 6.45) is 0.462. The van der Waals surface area contributed by atoms with Crippen molar-refractivity contribution in [1.29, 1.82) is 0 Å². The molecule has 2 aromatic heterocycles. The molecule has 0 saturated carbocycles. The number of aromatic nitrogens is 3. The maximum atomic E-state index is 12.6. The summed E-state index contributed by atoms with van der Waals surface area (Å²) in [7, 11) is 0. The fraction of sp³-hybridized carbons (Fsp3) is 0.261. The summed E-state index contributed by atoms with van der Waals surface area (Å²) < 4.78 is 13.7. The first-order valence-corrected chi connectivity index (χ1v) is 10.4. The maximum absolute atomic E-state index is 12.6. The number of rotatable bonds is 7. The molecule has 2 aromatic carbocycles. The van der Waals surface area contributed by atoms with Gasteiger partial charge in [-0.3, -0.25) is 4.57 Å². The second-order valence-corrected chi connectivity index (χ2v) is 7.73. The number of nitrogens with zero attached hydrogens (tertiary/aromatic N) is 3. The summed E-state index contributed by atoms with van der Waals surface area (Å²) in [4.78, 5) is 24.6. The quantitative estimate of drug-likeness (QED) is 0.316. The Morgan fingerprint density at radius 1 is 1.13 bits per heavy atom. The Hall–Kier alpha value is -3.32. The maximum Gasteiger partial charge on any atom is 0.419 e. The van der Waals surface area contributed by atoms with Crippen molar-refractivity contribution in [3.05, 3.63) is 86.6 Å². The van der Waals surface area contributed by atoms with E-state index in [4.69, 9.17) is 20.8 Å². The third-order valence-electron chi connectivity index (χ3n) is 5.06. The number of aryl methyl sites for hydroxylation is 3. The molecule has 0 aliphatic rings. The van der Waals surface area contributed by atoms with Crippen LogP contribution in [0.3, 0.4) is 0 Å². The van der Waals surface area contributed by atoms with Gasteiger partial charge in [-0.05, 0) is 38.0 Å². The van der Waals surface area contributed by atoms with Gasteiger partial charge in [0.25, 0.3) is 0 Å². The lowest BCUT2D eigenvalue weighted by Crippen LogP contribution is -2.16. The van der Waals surface area contributed by atoms with Gasteiger partial charge in [0.1, 0.15) is 10.7 Å². The first kappa shape index (κ1) is 20.9. The van der Waals surface area contributed by atoms with Crippen LogP contribution in [-0.2, 0) is 17.8 Å². The molecule has 0 fully saturated rings. The highest BCUT2D eigenvalue weighted by Crippen LogP contribution is 2.22. The van der Waals surface area contributed by atoms with Gasteiger partial charge in [-0.1, -0.05) is 53.6 Å². The summed E-state index contributed by atoms with van der Waals surface area (Å²) >= 11 is 6.43. The van der Waals surface area contributed by atoms with Crippen LogP contribution in [0.2, 0.25) is 5.15 Å². The minimum atomic E-state index is -0.526. The number of ether oxygens (including phenoxy) is 1. The summed E-state index contributed by atoms with van der Waals surface area (Å²) in [5.74, 6) is -0.953. The van der Waals surface area contributed by atoms with Gasteiger partial charge in [-0.2, -0.15) is 5.10 Å². The van der Waals surface area contributed by atoms with Crippen molar-refractivity contribution in [3.8, 4) is 0 Å². The van der Waals surface area contributed by atoms with Crippen LogP contribution in [0.25, 0.3) is 11.1 Å². The molecule has 7 nitrogen and oxygen atoms in total. The lowest BCUT2D eigenvalue weighted by Gasteiger charge is -2.06. The number of oxazole rings is 1. The SMILES string of the molecule is Cc1ccc(Cn2nc(C)c(C(=O)OCCCn3c(=O)oc4ccccc43)c2Cl)cc1. The molecule has 0 aliphatic heterocycles. The van der Waals surface area contributed by atoms with Crippen molar-refractivity contribution >= 4 is 28.7 Å². The molecule has 4 aromatic rings. The highest BCUT2D eigenvalue weighted by atomic mass is 35.5. The molecule has 0 N–H and O–H groups in total. The fourth-order valence-corrected chi connectivity index (χ4v) is 3.75. The van der Waals surface area contributed by atoms with E-state index in [2.05, 4.69) is 5.10 Å². The third kappa shape index (κ3) is 4.41. The van der Waals surface area contributed by atoms with E-state index in [-0.39, 0.29) is 17.3 Å². The minimum Gasteiger partial charge on any atom is -0.462 e. The summed E-state index contributed by atoms with van der Waals surface area (Å²) in [6.45, 7) is 4.73. The molecule has 160 valence electrons. The minimum absolute atomic E-state index is 0.143. The van der Waals surface area contributed by atoms with Crippen molar-refractivity contribution in [2.75, 3.05) is 6.61 Å². The van der Waals surface area contributed by atoms with E-state index in [1.54, 1.807) is 17.7 Å². The van der Waals surface area contributed by atoms with Gasteiger partial charge in [0.05, 0.1) is 24.4 Å². The zero-order valence-corrected chi connectivity index (χ0v) is 18.1. The third-order valence-corrected chi connectivity index (χ3v) is 5.44. The molecular weight excluding hydrogens is 418 g/mol. The zero-order valence-electron chi connectivity index (χ0n) is 17.3. The molecule has 4 rings (SSSR count). The molecule has 0 saturated heterocycles. The number of fused-ring (bicyclic) bond motifs is 1. The molecule has 0 aliphatic carbocycles. The summed E-state index contributed by atoms with van der Waals surface area (Å²) in [5, 5.41) is 4.64. The van der Waals surface area contributed by atoms with E-state index < -0.39 is 11.7 Å². The second-order valence-electron chi connectivity index (χ2n) is 7.37. The number of benzene rings is 2. The number of hydrogen-bond donors (Lipinski definition) is 0. The van der Waals surface area contributed by atoms with Crippen molar-refractivity contribution in [3.63, 3.8) is 0 Å². The molecule has 8 heteroatoms. The van der Waals surface area contributed by atoms with Crippen molar-refractivity contribution in [2.45, 2.75) is 33.4 Å². The number of carbonyl (C=O) groups excluding carboxylic acids is 1. The summed E-state index contributed by atoms with van der Waals surface area (Å²) in [6, 6.07) is 15.2. The molecule has 0 atom stereocenters. The molecule has 0 bridgehead atoms. The van der Waals surface area contributed by atoms with Crippen LogP contribution in [0, 0.1) is 13.8 Å². The van der Waals surface area contributed by atoms with E-state index in [9.17, 15) is 9.59 Å². The number of hydrogen-bond acceptors (Lipinski definition) is 5. The van der Waals surface area contributed by atoms with Gasteiger partial charge in [0.15, 0.2) is 5.58 Å². The normalized spacial score (nSPS) is 11.2. The van der Waals surface area contributed by atoms with Crippen LogP contribution in [0.15, 0.2) is 57.7 Å². The van der Waals surface area contributed by atoms with Gasteiger partial charge < -0.3 is 9.15 Å². The van der Waals surface area contributed by atoms with Gasteiger partial charge in [0, 0.05) is 6.54 Å². The fourth-order valence-electron chi connectivity index (χ4n) is 3.44. The molecule has 0 spiro atoms. The van der Waals surface area contributed by atoms with Crippen molar-refractivity contribution in [2.24, 2.45) is 0 Å². The van der Waals surface area contributed by atoms with Gasteiger partial charge in [0.2, 0.25) is 0 Å². The van der Waals surface area contributed by atoms with Crippen LogP contribution in [0.4, 0.5) is 0 Å². The van der Waals surface area contributed by atoms with Crippen LogP contribution in [0.5, 0.6) is 0 Å². The molecule has 31 heavy (non-hydrogen) atoms. The summed E-state index contributed by atoms with van der Waals surface area (Å²) in [5.41, 5.74) is 4.23. The Morgan fingerprint density at radius 2 is 1.87 bits per heavy atom. The van der Waals surface area contributed by atoms with Crippen LogP contribution >= 0.6 is 11.6 Å². The highest BCUT2D eigenvalue weighted by molar-refractivity contribution is 6.32. The Morgan fingerprint density at radius 3 is 2.65 bits per heavy atom. The number of carbonyl (C=O) groups is 1. The van der Waals surface area contributed by atoms with Gasteiger partial charge in [-0.25, -0.2) is 14.3 Å². The van der Waals surface area contributed by atoms with E-state index in [0.29, 0.717) is 30.8 Å². The zero-order chi connectivity index (χ0) is 22.0. The smallest absolute Gasteiger partial charge is 0.419 e. The first-order valence-electron chi connectivity index (χ1n) is 9.98. The largest absolute Gasteiger partial charge is 0.462 e. The molecule has 0 radical (unpaired) electrons. The highest BCUT2D eigenvalue weighted by Gasteiger charge is 2.22. The lowest BCUT2D eigenvalue weighted by atomic mass is 10.1. The Kier molecular flexibility index (Phi) is 5.95. The van der Waals surface area contributed by atoms with E-state index >= 15 is 0 Å². The van der Waals surface area contributed by atoms with Gasteiger partial charge >= 0.3 is 11.7 Å². The molecular formula is C23H22ClN3O4. The monoisotopic (exact) mass is 439 g/mol. The number of esters is 1. The topological polar surface area (TPSA) is 79.3 Å². The van der Waals surface area contributed by atoms with E-state index in [0.717, 1.165) is 11.1 Å². The Balaban J connectivity index is 1.38. The molecule has 2 heterocycles. The average Bonchev–Trinajstić information content (AvgIpc) is 3.21. The van der Waals surface area contributed by atoms with Crippen molar-refractivity contribution in [1.82, 2.24) is 14.3 Å². The van der Waals surface area contributed by atoms with Crippen LogP contribution in [-0.4, -0.2) is 26.9 Å². The average molecular weight is 440 g/mol. The van der Waals surface area contributed by atoms with Crippen LogP contribution in [0.1, 0.15) is 33.6 Å². The number of halogens is 1. The molecule has 0 unspecified atom stereocenters. The molecule has 0 amide bonds. The van der Waals surface area contributed by atoms with Crippen LogP contribution < -0.4 is 5.76 Å². The lowest BCUT2D eigenvalue weighted by molar-refractivity contribution is 0.0495. The Labute approximate surface area is 183 Å². The van der Waals surface area contributed by atoms with Gasteiger partial charge in [-0.15, -0.1) is 0 Å². The Bertz CT molecular complexity index is 1280. The van der Waals surface area contributed by atoms with E-state index in [1.165, 1.54) is 10.1 Å². The van der Waals surface area contributed by atoms with E-state index in [1.807, 2.05) is 49.4 Å². The first-order chi connectivity index (χ1) is 14.9. The standard InChI is InChI=1S/C23H22ClN3O4/c1-15-8-10-17(11-9-15)14-27-21(24)20(16(2)25-27)22(28)30-13-5-12-26-18-6-3-4-7-19(18)31-23(26)29/h3-4,6-11H,5,12-14H2,1-2H3.